The molecule has 294 valence electrons. The molecule has 15 nitrogen and oxygen atoms in total. The lowest BCUT2D eigenvalue weighted by Gasteiger charge is -2.33. The first-order valence-corrected chi connectivity index (χ1v) is 18.2. The molecule has 1 N–H and O–H groups in total. The molecule has 1 atom stereocenters. The molecule has 0 radical (unpaired) electrons. The molecule has 2 aromatic carbocycles. The topological polar surface area (TPSA) is 176 Å². The highest BCUT2D eigenvalue weighted by Gasteiger charge is 2.31. The lowest BCUT2D eigenvalue weighted by atomic mass is 10.00. The highest BCUT2D eigenvalue weighted by molar-refractivity contribution is 5.95. The van der Waals surface area contributed by atoms with Gasteiger partial charge in [0, 0.05) is 38.7 Å². The Balaban J connectivity index is 1.44. The molecular formula is C39H51N3O12. The van der Waals surface area contributed by atoms with Gasteiger partial charge in [-0.2, -0.15) is 0 Å². The van der Waals surface area contributed by atoms with Crippen molar-refractivity contribution in [2.75, 3.05) is 46.0 Å². The molecule has 0 aliphatic carbocycles. The smallest absolute Gasteiger partial charge is 0.410 e. The van der Waals surface area contributed by atoms with E-state index in [1.165, 1.54) is 19.1 Å². The zero-order chi connectivity index (χ0) is 39.3. The van der Waals surface area contributed by atoms with E-state index >= 15 is 0 Å². The van der Waals surface area contributed by atoms with E-state index in [9.17, 15) is 28.8 Å². The Morgan fingerprint density at radius 3 is 1.96 bits per heavy atom. The summed E-state index contributed by atoms with van der Waals surface area (Å²) < 4.78 is 33.0. The summed E-state index contributed by atoms with van der Waals surface area (Å²) in [5.41, 5.74) is -0.226. The summed E-state index contributed by atoms with van der Waals surface area (Å²) in [6, 6.07) is 11.8. The number of piperidine rings is 2. The highest BCUT2D eigenvalue weighted by atomic mass is 16.6. The van der Waals surface area contributed by atoms with Crippen LogP contribution in [0.3, 0.4) is 0 Å². The van der Waals surface area contributed by atoms with Gasteiger partial charge in [0.25, 0.3) is 0 Å². The van der Waals surface area contributed by atoms with Crippen LogP contribution >= 0.6 is 0 Å². The summed E-state index contributed by atoms with van der Waals surface area (Å²) in [6.07, 6.45) is 1.02. The van der Waals surface area contributed by atoms with Gasteiger partial charge in [0.15, 0.2) is 0 Å². The Morgan fingerprint density at radius 2 is 1.35 bits per heavy atom. The van der Waals surface area contributed by atoms with Crippen molar-refractivity contribution in [1.29, 1.82) is 0 Å². The van der Waals surface area contributed by atoms with E-state index in [0.29, 0.717) is 57.4 Å². The molecule has 2 saturated heterocycles. The maximum atomic E-state index is 13.7. The van der Waals surface area contributed by atoms with Crippen molar-refractivity contribution in [1.82, 2.24) is 15.1 Å². The van der Waals surface area contributed by atoms with Crippen LogP contribution in [0, 0.1) is 0 Å². The van der Waals surface area contributed by atoms with Gasteiger partial charge < -0.3 is 43.5 Å². The molecule has 1 unspecified atom stereocenters. The van der Waals surface area contributed by atoms with Crippen LogP contribution in [0.1, 0.15) is 88.7 Å². The summed E-state index contributed by atoms with van der Waals surface area (Å²) >= 11 is 0. The molecule has 0 bridgehead atoms. The van der Waals surface area contributed by atoms with E-state index < -0.39 is 41.6 Å². The number of nitrogens with one attached hydrogen (secondary N) is 1. The van der Waals surface area contributed by atoms with E-state index in [1.807, 2.05) is 0 Å². The molecule has 54 heavy (non-hydrogen) atoms. The molecule has 2 aliphatic rings. The number of carbonyl (C=O) groups excluding carboxylic acids is 6. The fourth-order valence-electron chi connectivity index (χ4n) is 6.06. The van der Waals surface area contributed by atoms with Gasteiger partial charge in [0.1, 0.15) is 35.9 Å². The predicted octanol–water partition coefficient (Wildman–Crippen LogP) is 4.37. The highest BCUT2D eigenvalue weighted by Crippen LogP contribution is 2.31. The second kappa shape index (κ2) is 19.9. The number of rotatable bonds is 14. The largest absolute Gasteiger partial charge is 0.464 e. The van der Waals surface area contributed by atoms with Crippen LogP contribution in [0.5, 0.6) is 11.5 Å². The van der Waals surface area contributed by atoms with Crippen molar-refractivity contribution >= 4 is 35.8 Å². The van der Waals surface area contributed by atoms with Crippen LogP contribution < -0.4 is 14.8 Å². The SMILES string of the molecule is CCOC(=O)COC1CCN(C(=O)CC(NC(=O)COC2CCN(C(=O)OC(C)(C)C)CC2)c2ccccc2OC(=O)c2ccccc2OC(C)=O)CC1. The number of hydrogen-bond donors (Lipinski definition) is 1. The predicted molar refractivity (Wildman–Crippen MR) is 194 cm³/mol. The van der Waals surface area contributed by atoms with Crippen LogP contribution in [-0.4, -0.2) is 109 Å². The minimum atomic E-state index is -0.923. The quantitative estimate of drug-likeness (QED) is 0.213. The Bertz CT molecular complexity index is 1620. The van der Waals surface area contributed by atoms with Gasteiger partial charge >= 0.3 is 24.0 Å². The van der Waals surface area contributed by atoms with E-state index in [-0.39, 0.29) is 61.4 Å². The Kier molecular flexibility index (Phi) is 15.4. The number of ether oxygens (including phenoxy) is 6. The number of carbonyl (C=O) groups is 6. The van der Waals surface area contributed by atoms with Crippen molar-refractivity contribution in [3.63, 3.8) is 0 Å². The Hall–Kier alpha value is -5.02. The molecule has 0 saturated carbocycles. The third-order valence-electron chi connectivity index (χ3n) is 8.65. The standard InChI is InChI=1S/C39H51N3O12/c1-6-49-36(46)25-51-28-15-19-41(20-16-28)35(45)23-31(40-34(44)24-50-27-17-21-42(22-18-27)38(48)54-39(3,4)5)29-11-7-9-13-32(29)53-37(47)30-12-8-10-14-33(30)52-26(2)43/h7-14,27-28,31H,6,15-25H2,1-5H3,(H,40,44). The lowest BCUT2D eigenvalue weighted by molar-refractivity contribution is -0.152. The molecular weight excluding hydrogens is 702 g/mol. The summed E-state index contributed by atoms with van der Waals surface area (Å²) in [5.74, 6) is -2.48. The third kappa shape index (κ3) is 13.1. The molecule has 3 amide bonds. The maximum Gasteiger partial charge on any atom is 0.410 e. The van der Waals surface area contributed by atoms with Gasteiger partial charge in [0.2, 0.25) is 11.8 Å². The lowest BCUT2D eigenvalue weighted by Crippen LogP contribution is -2.44. The van der Waals surface area contributed by atoms with Gasteiger partial charge in [-0.15, -0.1) is 0 Å². The molecule has 2 fully saturated rings. The van der Waals surface area contributed by atoms with Crippen LogP contribution in [0.4, 0.5) is 4.79 Å². The second-order valence-electron chi connectivity index (χ2n) is 14.0. The van der Waals surface area contributed by atoms with Gasteiger partial charge in [0.05, 0.1) is 31.3 Å². The average molecular weight is 754 g/mol. The summed E-state index contributed by atoms with van der Waals surface area (Å²) in [7, 11) is 0. The summed E-state index contributed by atoms with van der Waals surface area (Å²) in [5, 5.41) is 2.91. The van der Waals surface area contributed by atoms with Crippen molar-refractivity contribution in [3.05, 3.63) is 59.7 Å². The third-order valence-corrected chi connectivity index (χ3v) is 8.65. The van der Waals surface area contributed by atoms with Crippen LogP contribution in [-0.2, 0) is 38.1 Å². The summed E-state index contributed by atoms with van der Waals surface area (Å²) in [4.78, 5) is 79.7. The van der Waals surface area contributed by atoms with Crippen molar-refractivity contribution in [2.45, 2.75) is 90.6 Å². The summed E-state index contributed by atoms with van der Waals surface area (Å²) in [6.45, 7) is 9.75. The minimum Gasteiger partial charge on any atom is -0.464 e. The molecule has 0 spiro atoms. The van der Waals surface area contributed by atoms with E-state index in [2.05, 4.69) is 5.32 Å². The fourth-order valence-corrected chi connectivity index (χ4v) is 6.06. The first kappa shape index (κ1) is 41.7. The number of likely N-dealkylation sites (tertiary alicyclic amines) is 2. The molecule has 15 heteroatoms. The minimum absolute atomic E-state index is 0.0123. The monoisotopic (exact) mass is 753 g/mol. The number of para-hydroxylation sites is 2. The molecule has 0 aromatic heterocycles. The van der Waals surface area contributed by atoms with Gasteiger partial charge in [-0.25, -0.2) is 14.4 Å². The number of benzene rings is 2. The van der Waals surface area contributed by atoms with Crippen LogP contribution in [0.15, 0.2) is 48.5 Å². The maximum absolute atomic E-state index is 13.7. The Morgan fingerprint density at radius 1 is 0.778 bits per heavy atom. The molecule has 2 aromatic rings. The second-order valence-corrected chi connectivity index (χ2v) is 14.0. The molecule has 2 heterocycles. The molecule has 2 aliphatic heterocycles. The van der Waals surface area contributed by atoms with Crippen LogP contribution in [0.25, 0.3) is 0 Å². The number of nitrogens with zero attached hydrogens (tertiary/aromatic N) is 2. The normalized spacial score (nSPS) is 15.9. The van der Waals surface area contributed by atoms with Crippen molar-refractivity contribution < 1.29 is 57.2 Å². The van der Waals surface area contributed by atoms with Gasteiger partial charge in [-0.3, -0.25) is 14.4 Å². The van der Waals surface area contributed by atoms with E-state index in [4.69, 9.17) is 28.4 Å². The van der Waals surface area contributed by atoms with Crippen molar-refractivity contribution in [2.24, 2.45) is 0 Å². The van der Waals surface area contributed by atoms with Gasteiger partial charge in [-0.05, 0) is 71.6 Å². The zero-order valence-corrected chi connectivity index (χ0v) is 31.6. The first-order valence-electron chi connectivity index (χ1n) is 18.2. The van der Waals surface area contributed by atoms with Crippen LogP contribution in [0.2, 0.25) is 0 Å². The zero-order valence-electron chi connectivity index (χ0n) is 31.6. The van der Waals surface area contributed by atoms with Crippen molar-refractivity contribution in [3.8, 4) is 11.5 Å². The number of amides is 3. The number of hydrogen-bond acceptors (Lipinski definition) is 12. The van der Waals surface area contributed by atoms with E-state index in [0.717, 1.165) is 0 Å². The molecule has 4 rings (SSSR count). The fraction of sp³-hybridized carbons (Fsp3) is 0.538. The number of esters is 3. The first-order chi connectivity index (χ1) is 25.7. The van der Waals surface area contributed by atoms with Gasteiger partial charge in [-0.1, -0.05) is 30.3 Å². The Labute approximate surface area is 315 Å². The average Bonchev–Trinajstić information content (AvgIpc) is 3.13. The van der Waals surface area contributed by atoms with E-state index in [1.54, 1.807) is 73.9 Å².